The number of H-pyrrole nitrogens is 1. The first-order chi connectivity index (χ1) is 21.8. The number of benzene rings is 2. The summed E-state index contributed by atoms with van der Waals surface area (Å²) in [6, 6.07) is 12.7. The van der Waals surface area contributed by atoms with Crippen molar-refractivity contribution in [2.75, 3.05) is 26.8 Å². The molecule has 0 saturated heterocycles. The van der Waals surface area contributed by atoms with Crippen LogP contribution in [0.15, 0.2) is 66.8 Å². The predicted octanol–water partition coefficient (Wildman–Crippen LogP) is 4.01. The number of aliphatic hydroxyl groups excluding tert-OH is 3. The van der Waals surface area contributed by atoms with Crippen LogP contribution < -0.4 is 14.8 Å². The van der Waals surface area contributed by atoms with E-state index in [4.69, 9.17) is 9.47 Å². The lowest BCUT2D eigenvalue weighted by molar-refractivity contribution is -0.138. The second-order valence-electron chi connectivity index (χ2n) is 11.0. The zero-order valence-electron chi connectivity index (χ0n) is 25.5. The molecule has 1 aliphatic carbocycles. The molecule has 0 spiro atoms. The second kappa shape index (κ2) is 16.8. The number of methoxy groups -OCH3 is 1. The molecular weight excluding hydrogens is 689 g/mol. The van der Waals surface area contributed by atoms with Crippen LogP contribution in [-0.2, 0) is 22.6 Å². The van der Waals surface area contributed by atoms with Gasteiger partial charge in [-0.25, -0.2) is 0 Å². The number of hydrogen-bond donors (Lipinski definition) is 5. The lowest BCUT2D eigenvalue weighted by Gasteiger charge is -2.40. The van der Waals surface area contributed by atoms with E-state index in [1.54, 1.807) is 23.1 Å². The van der Waals surface area contributed by atoms with Gasteiger partial charge in [-0.3, -0.25) is 9.59 Å². The number of carbonyl (C=O) groups excluding carboxylic acids is 2. The van der Waals surface area contributed by atoms with Crippen molar-refractivity contribution in [3.63, 3.8) is 0 Å². The fraction of sp³-hybridized carbons (Fsp3) is 0.412. The molecule has 2 amide bonds. The fourth-order valence-corrected chi connectivity index (χ4v) is 6.38. The quantitative estimate of drug-likeness (QED) is 0.0852. The van der Waals surface area contributed by atoms with E-state index in [-0.39, 0.29) is 32.1 Å². The number of fused-ring (bicyclic) bond motifs is 1. The molecule has 0 bridgehead atoms. The summed E-state index contributed by atoms with van der Waals surface area (Å²) in [4.78, 5) is 32.1. The lowest BCUT2D eigenvalue weighted by atomic mass is 9.87. The van der Waals surface area contributed by atoms with Crippen molar-refractivity contribution in [2.45, 2.75) is 63.4 Å². The average molecular weight is 732 g/mol. The first kappa shape index (κ1) is 34.5. The summed E-state index contributed by atoms with van der Waals surface area (Å²) in [6.07, 6.45) is 4.46. The van der Waals surface area contributed by atoms with Gasteiger partial charge in [0, 0.05) is 49.1 Å². The number of carbonyl (C=O) groups is 2. The van der Waals surface area contributed by atoms with E-state index in [0.717, 1.165) is 29.4 Å². The first-order valence-electron chi connectivity index (χ1n) is 15.2. The maximum Gasteiger partial charge on any atom is 0.247 e. The molecule has 1 aliphatic rings. The lowest BCUT2D eigenvalue weighted by Crippen LogP contribution is -2.55. The van der Waals surface area contributed by atoms with Gasteiger partial charge in [-0.2, -0.15) is 0 Å². The zero-order chi connectivity index (χ0) is 32.3. The van der Waals surface area contributed by atoms with Gasteiger partial charge in [-0.05, 0) is 83.1 Å². The Kier molecular flexibility index (Phi) is 12.9. The fourth-order valence-electron chi connectivity index (χ4n) is 5.59. The minimum atomic E-state index is -1.17. The number of nitrogens with zero attached hydrogens (tertiary/aromatic N) is 1. The Morgan fingerprint density at radius 2 is 2.00 bits per heavy atom. The summed E-state index contributed by atoms with van der Waals surface area (Å²) < 4.78 is 12.5. The standard InChI is InChI=1S/C34H42IN3O7/c1-3-4-5-6-11-31(41)38(14-12-25-18-23-9-7-8-10-27(23)37-25)28-19-24(34(43)36-13-15-39)20-29(32(28)42)45-33-26(35)16-22(21-40)17-30(33)44-2/h3,7-10,16-18,20,28-29,32,37,39-40,42H,1,4-6,11-15,19,21H2,2H3,(H,36,43). The summed E-state index contributed by atoms with van der Waals surface area (Å²) in [7, 11) is 1.49. The number of hydrogen-bond acceptors (Lipinski definition) is 7. The monoisotopic (exact) mass is 731 g/mol. The smallest absolute Gasteiger partial charge is 0.247 e. The largest absolute Gasteiger partial charge is 0.493 e. The highest BCUT2D eigenvalue weighted by Gasteiger charge is 2.40. The predicted molar refractivity (Wildman–Crippen MR) is 181 cm³/mol. The number of amides is 2. The topological polar surface area (TPSA) is 144 Å². The molecular formula is C34H42IN3O7. The van der Waals surface area contributed by atoms with Crippen LogP contribution in [0.25, 0.3) is 10.9 Å². The summed E-state index contributed by atoms with van der Waals surface area (Å²) >= 11 is 2.07. The van der Waals surface area contributed by atoms with E-state index in [1.807, 2.05) is 30.3 Å². The summed E-state index contributed by atoms with van der Waals surface area (Å²) in [6.45, 7) is 3.74. The molecule has 3 unspecified atom stereocenters. The number of aliphatic hydroxyl groups is 3. The highest BCUT2D eigenvalue weighted by Crippen LogP contribution is 2.37. The molecule has 3 atom stereocenters. The molecule has 5 N–H and O–H groups in total. The van der Waals surface area contributed by atoms with Gasteiger partial charge in [0.2, 0.25) is 11.8 Å². The van der Waals surface area contributed by atoms with Crippen molar-refractivity contribution in [3.05, 3.63) is 81.6 Å². The van der Waals surface area contributed by atoms with Crippen molar-refractivity contribution in [3.8, 4) is 11.5 Å². The Morgan fingerprint density at radius 1 is 1.20 bits per heavy atom. The number of ether oxygens (including phenoxy) is 2. The van der Waals surface area contributed by atoms with Gasteiger partial charge in [0.15, 0.2) is 11.5 Å². The molecule has 0 radical (unpaired) electrons. The minimum Gasteiger partial charge on any atom is -0.493 e. The van der Waals surface area contributed by atoms with Crippen molar-refractivity contribution in [1.29, 1.82) is 0 Å². The van der Waals surface area contributed by atoms with Crippen LogP contribution in [0, 0.1) is 3.57 Å². The van der Waals surface area contributed by atoms with E-state index in [0.29, 0.717) is 52.0 Å². The van der Waals surface area contributed by atoms with E-state index in [9.17, 15) is 24.9 Å². The van der Waals surface area contributed by atoms with Crippen LogP contribution in [0.1, 0.15) is 43.4 Å². The Bertz CT molecular complexity index is 1470. The number of para-hydroxylation sites is 1. The maximum atomic E-state index is 13.8. The van der Waals surface area contributed by atoms with Crippen molar-refractivity contribution < 1.29 is 34.4 Å². The summed E-state index contributed by atoms with van der Waals surface area (Å²) in [5.74, 6) is 0.205. The highest BCUT2D eigenvalue weighted by atomic mass is 127. The van der Waals surface area contributed by atoms with Gasteiger partial charge < -0.3 is 40.0 Å². The Morgan fingerprint density at radius 3 is 2.71 bits per heavy atom. The van der Waals surface area contributed by atoms with E-state index in [2.05, 4.69) is 45.5 Å². The number of rotatable bonds is 16. The van der Waals surface area contributed by atoms with Gasteiger partial charge in [0.25, 0.3) is 0 Å². The number of unbranched alkanes of at least 4 members (excludes halogenated alkanes) is 2. The van der Waals surface area contributed by atoms with Crippen LogP contribution in [0.4, 0.5) is 0 Å². The second-order valence-corrected chi connectivity index (χ2v) is 12.2. The van der Waals surface area contributed by atoms with Gasteiger partial charge in [-0.1, -0.05) is 24.3 Å². The first-order valence-corrected chi connectivity index (χ1v) is 16.3. The van der Waals surface area contributed by atoms with E-state index >= 15 is 0 Å². The van der Waals surface area contributed by atoms with Gasteiger partial charge in [0.1, 0.15) is 12.2 Å². The van der Waals surface area contributed by atoms with Gasteiger partial charge in [0.05, 0.1) is 29.9 Å². The molecule has 4 rings (SSSR count). The number of aromatic nitrogens is 1. The molecule has 10 nitrogen and oxygen atoms in total. The van der Waals surface area contributed by atoms with Crippen LogP contribution >= 0.6 is 22.6 Å². The zero-order valence-corrected chi connectivity index (χ0v) is 27.7. The van der Waals surface area contributed by atoms with Crippen molar-refractivity contribution in [1.82, 2.24) is 15.2 Å². The average Bonchev–Trinajstić information content (AvgIpc) is 3.47. The van der Waals surface area contributed by atoms with Crippen LogP contribution in [-0.4, -0.2) is 82.1 Å². The van der Waals surface area contributed by atoms with E-state index < -0.39 is 24.2 Å². The normalized spacial score (nSPS) is 17.9. The number of aromatic amines is 1. The number of halogens is 1. The van der Waals surface area contributed by atoms with Crippen molar-refractivity contribution in [2.24, 2.45) is 0 Å². The van der Waals surface area contributed by atoms with Crippen molar-refractivity contribution >= 4 is 45.3 Å². The third-order valence-electron chi connectivity index (χ3n) is 7.92. The molecule has 3 aromatic rings. The molecule has 45 heavy (non-hydrogen) atoms. The molecule has 0 saturated carbocycles. The highest BCUT2D eigenvalue weighted by molar-refractivity contribution is 14.1. The maximum absolute atomic E-state index is 13.8. The summed E-state index contributed by atoms with van der Waals surface area (Å²) in [5, 5.41) is 34.6. The van der Waals surface area contributed by atoms with Crippen LogP contribution in [0.2, 0.25) is 0 Å². The summed E-state index contributed by atoms with van der Waals surface area (Å²) in [5.41, 5.74) is 2.94. The van der Waals surface area contributed by atoms with Gasteiger partial charge >= 0.3 is 0 Å². The van der Waals surface area contributed by atoms with E-state index in [1.165, 1.54) is 7.11 Å². The molecule has 0 fully saturated rings. The van der Waals surface area contributed by atoms with Gasteiger partial charge in [-0.15, -0.1) is 6.58 Å². The third-order valence-corrected chi connectivity index (χ3v) is 8.72. The molecule has 2 aromatic carbocycles. The number of allylic oxidation sites excluding steroid dienone is 1. The molecule has 242 valence electrons. The molecule has 0 aliphatic heterocycles. The Labute approximate surface area is 277 Å². The third kappa shape index (κ3) is 8.87. The Balaban J connectivity index is 1.67. The molecule has 1 heterocycles. The Hall–Kier alpha value is -3.39. The molecule has 1 aromatic heterocycles. The minimum absolute atomic E-state index is 0.0651. The van der Waals surface area contributed by atoms with Crippen LogP contribution in [0.5, 0.6) is 11.5 Å². The van der Waals surface area contributed by atoms with Crippen LogP contribution in [0.3, 0.4) is 0 Å². The molecule has 11 heteroatoms. The SMILES string of the molecule is C=CCCCCC(=O)N(CCc1cc2ccccc2[nH]1)C1CC(C(=O)NCCO)=CC(Oc2c(I)cc(CO)cc2OC)C1O. The number of nitrogens with one attached hydrogen (secondary N) is 2.